The van der Waals surface area contributed by atoms with Crippen molar-refractivity contribution in [3.05, 3.63) is 58.1 Å². The molecule has 0 heterocycles. The second-order valence-corrected chi connectivity index (χ2v) is 4.39. The van der Waals surface area contributed by atoms with E-state index >= 15 is 0 Å². The van der Waals surface area contributed by atoms with Crippen molar-refractivity contribution in [1.29, 1.82) is 0 Å². The lowest BCUT2D eigenvalue weighted by Crippen LogP contribution is -1.93. The van der Waals surface area contributed by atoms with Gasteiger partial charge in [0.2, 0.25) is 0 Å². The number of benzene rings is 2. The molecule has 0 bridgehead atoms. The van der Waals surface area contributed by atoms with Gasteiger partial charge in [0.05, 0.1) is 5.56 Å². The fraction of sp³-hybridized carbons (Fsp3) is 0. The van der Waals surface area contributed by atoms with Crippen molar-refractivity contribution >= 4 is 22.2 Å². The van der Waals surface area contributed by atoms with E-state index in [1.807, 2.05) is 0 Å². The van der Waals surface area contributed by atoms with Crippen LogP contribution in [0.3, 0.4) is 0 Å². The first-order valence-electron chi connectivity index (χ1n) is 4.98. The highest BCUT2D eigenvalue weighted by atomic mass is 79.9. The average Bonchev–Trinajstić information content (AvgIpc) is 2.34. The van der Waals surface area contributed by atoms with Crippen LogP contribution in [-0.2, 0) is 0 Å². The predicted molar refractivity (Wildman–Crippen MR) is 66.0 cm³/mol. The summed E-state index contributed by atoms with van der Waals surface area (Å²) in [6.45, 7) is 0. The van der Waals surface area contributed by atoms with Gasteiger partial charge in [-0.3, -0.25) is 4.79 Å². The molecule has 92 valence electrons. The summed E-state index contributed by atoms with van der Waals surface area (Å²) >= 11 is 3.21. The number of carbonyl (C=O) groups excluding carboxylic acids is 1. The highest BCUT2D eigenvalue weighted by Gasteiger charge is 2.09. The average molecular weight is 313 g/mol. The Morgan fingerprint density at radius 2 is 1.78 bits per heavy atom. The van der Waals surface area contributed by atoms with Crippen LogP contribution in [0.5, 0.6) is 11.5 Å². The number of hydrogen-bond donors (Lipinski definition) is 0. The molecule has 0 aromatic heterocycles. The number of carbonyl (C=O) groups is 1. The van der Waals surface area contributed by atoms with Crippen LogP contribution < -0.4 is 4.74 Å². The highest BCUT2D eigenvalue weighted by Crippen LogP contribution is 2.28. The van der Waals surface area contributed by atoms with Gasteiger partial charge in [0.25, 0.3) is 0 Å². The molecule has 0 fully saturated rings. The van der Waals surface area contributed by atoms with Crippen molar-refractivity contribution in [1.82, 2.24) is 0 Å². The first-order chi connectivity index (χ1) is 8.60. The van der Waals surface area contributed by atoms with Crippen molar-refractivity contribution in [3.8, 4) is 11.5 Å². The first-order valence-corrected chi connectivity index (χ1v) is 5.77. The molecule has 2 nitrogen and oxygen atoms in total. The third kappa shape index (κ3) is 2.73. The SMILES string of the molecule is O=Cc1cc(Br)ccc1Oc1ccc(F)cc1F. The fourth-order valence-corrected chi connectivity index (χ4v) is 1.76. The maximum Gasteiger partial charge on any atom is 0.168 e. The number of rotatable bonds is 3. The van der Waals surface area contributed by atoms with Gasteiger partial charge in [0.15, 0.2) is 17.9 Å². The third-order valence-electron chi connectivity index (χ3n) is 2.21. The maximum atomic E-state index is 13.4. The molecule has 0 aliphatic carbocycles. The van der Waals surface area contributed by atoms with Crippen molar-refractivity contribution in [2.24, 2.45) is 0 Å². The maximum absolute atomic E-state index is 13.4. The molecule has 0 spiro atoms. The van der Waals surface area contributed by atoms with Gasteiger partial charge in [0, 0.05) is 10.5 Å². The van der Waals surface area contributed by atoms with Gasteiger partial charge in [-0.05, 0) is 30.3 Å². The summed E-state index contributed by atoms with van der Waals surface area (Å²) in [6.07, 6.45) is 0.599. The Balaban J connectivity index is 2.36. The molecule has 2 aromatic rings. The number of halogens is 3. The standard InChI is InChI=1S/C13H7BrF2O2/c14-9-1-3-12(8(5-9)7-17)18-13-4-2-10(15)6-11(13)16/h1-7H. The van der Waals surface area contributed by atoms with Gasteiger partial charge in [-0.15, -0.1) is 0 Å². The lowest BCUT2D eigenvalue weighted by molar-refractivity contribution is 0.112. The lowest BCUT2D eigenvalue weighted by Gasteiger charge is -2.09. The Labute approximate surface area is 110 Å². The molecule has 18 heavy (non-hydrogen) atoms. The van der Waals surface area contributed by atoms with E-state index in [0.717, 1.165) is 12.1 Å². The molecule has 0 saturated carbocycles. The minimum Gasteiger partial charge on any atom is -0.454 e. The van der Waals surface area contributed by atoms with Crippen LogP contribution in [0.1, 0.15) is 10.4 Å². The molecule has 2 aromatic carbocycles. The van der Waals surface area contributed by atoms with Gasteiger partial charge in [-0.1, -0.05) is 15.9 Å². The first kappa shape index (κ1) is 12.7. The van der Waals surface area contributed by atoms with E-state index in [2.05, 4.69) is 15.9 Å². The summed E-state index contributed by atoms with van der Waals surface area (Å²) in [4.78, 5) is 10.9. The fourth-order valence-electron chi connectivity index (χ4n) is 1.38. The van der Waals surface area contributed by atoms with Crippen LogP contribution in [0.2, 0.25) is 0 Å². The van der Waals surface area contributed by atoms with Crippen molar-refractivity contribution in [3.63, 3.8) is 0 Å². The van der Waals surface area contributed by atoms with Crippen molar-refractivity contribution in [2.75, 3.05) is 0 Å². The zero-order valence-corrected chi connectivity index (χ0v) is 10.6. The monoisotopic (exact) mass is 312 g/mol. The van der Waals surface area contributed by atoms with E-state index in [4.69, 9.17) is 4.74 Å². The Morgan fingerprint density at radius 1 is 1.06 bits per heavy atom. The van der Waals surface area contributed by atoms with E-state index in [0.29, 0.717) is 10.8 Å². The van der Waals surface area contributed by atoms with Crippen molar-refractivity contribution in [2.45, 2.75) is 0 Å². The smallest absolute Gasteiger partial charge is 0.168 e. The number of aldehydes is 1. The Morgan fingerprint density at radius 3 is 2.44 bits per heavy atom. The molecule has 0 radical (unpaired) electrons. The van der Waals surface area contributed by atoms with Crippen molar-refractivity contribution < 1.29 is 18.3 Å². The van der Waals surface area contributed by atoms with Crippen LogP contribution in [0.15, 0.2) is 40.9 Å². The molecule has 0 aliphatic rings. The minimum atomic E-state index is -0.824. The Hall–Kier alpha value is -1.75. The lowest BCUT2D eigenvalue weighted by atomic mass is 10.2. The number of ether oxygens (including phenoxy) is 1. The second kappa shape index (κ2) is 5.27. The molecular weight excluding hydrogens is 306 g/mol. The van der Waals surface area contributed by atoms with Gasteiger partial charge in [0.1, 0.15) is 11.6 Å². The highest BCUT2D eigenvalue weighted by molar-refractivity contribution is 9.10. The van der Waals surface area contributed by atoms with Crippen LogP contribution in [0.4, 0.5) is 8.78 Å². The zero-order chi connectivity index (χ0) is 13.1. The topological polar surface area (TPSA) is 26.3 Å². The Kier molecular flexibility index (Phi) is 3.72. The van der Waals surface area contributed by atoms with Gasteiger partial charge >= 0.3 is 0 Å². The van der Waals surface area contributed by atoms with Gasteiger partial charge in [-0.2, -0.15) is 0 Å². The predicted octanol–water partition coefficient (Wildman–Crippen LogP) is 4.33. The molecule has 2 rings (SSSR count). The van der Waals surface area contributed by atoms with E-state index in [1.54, 1.807) is 12.1 Å². The van der Waals surface area contributed by atoms with Crippen LogP contribution in [0, 0.1) is 11.6 Å². The number of hydrogen-bond acceptors (Lipinski definition) is 2. The summed E-state index contributed by atoms with van der Waals surface area (Å²) in [5.41, 5.74) is 0.271. The van der Waals surface area contributed by atoms with E-state index in [9.17, 15) is 13.6 Å². The molecular formula is C13H7BrF2O2. The molecule has 0 saturated heterocycles. The zero-order valence-electron chi connectivity index (χ0n) is 8.99. The third-order valence-corrected chi connectivity index (χ3v) is 2.71. The van der Waals surface area contributed by atoms with E-state index in [-0.39, 0.29) is 17.1 Å². The minimum absolute atomic E-state index is 0.137. The van der Waals surface area contributed by atoms with Gasteiger partial charge < -0.3 is 4.74 Å². The van der Waals surface area contributed by atoms with Crippen LogP contribution in [0.25, 0.3) is 0 Å². The van der Waals surface area contributed by atoms with Crippen LogP contribution >= 0.6 is 15.9 Å². The molecule has 0 amide bonds. The van der Waals surface area contributed by atoms with Crippen LogP contribution in [-0.4, -0.2) is 6.29 Å². The normalized spacial score (nSPS) is 10.2. The summed E-state index contributed by atoms with van der Waals surface area (Å²) < 4.78 is 32.1. The quantitative estimate of drug-likeness (QED) is 0.788. The second-order valence-electron chi connectivity index (χ2n) is 3.48. The van der Waals surface area contributed by atoms with E-state index < -0.39 is 11.6 Å². The molecule has 0 unspecified atom stereocenters. The summed E-state index contributed by atoms with van der Waals surface area (Å²) in [5, 5.41) is 0. The molecule has 0 atom stereocenters. The molecule has 0 N–H and O–H groups in total. The van der Waals surface area contributed by atoms with E-state index in [1.165, 1.54) is 12.1 Å². The summed E-state index contributed by atoms with van der Waals surface area (Å²) in [5.74, 6) is -1.44. The largest absolute Gasteiger partial charge is 0.454 e. The van der Waals surface area contributed by atoms with Gasteiger partial charge in [-0.25, -0.2) is 8.78 Å². The summed E-state index contributed by atoms with van der Waals surface area (Å²) in [7, 11) is 0. The molecule has 5 heteroatoms. The molecule has 0 aliphatic heterocycles. The Bertz CT molecular complexity index is 600. The summed E-state index contributed by atoms with van der Waals surface area (Å²) in [6, 6.07) is 7.69.